The number of aromatic amines is 1. The molecule has 41 heavy (non-hydrogen) atoms. The molecule has 2 aliphatic heterocycles. The SMILES string of the molecule is Cc1cnc(Nc2cc(C)n(C)n2)nc1-c1c[nH]c2c(N3Cc4c(cccc4C4=CCS(=O)CC4)C3=O)cccc12. The topological polar surface area (TPSA) is 109 Å². The second kappa shape index (κ2) is 9.81. The van der Waals surface area contributed by atoms with E-state index in [1.807, 2.05) is 68.4 Å². The number of benzene rings is 2. The zero-order chi connectivity index (χ0) is 28.2. The van der Waals surface area contributed by atoms with Gasteiger partial charge in [0.05, 0.1) is 23.4 Å². The molecule has 1 amide bonds. The molecule has 2 aliphatic rings. The lowest BCUT2D eigenvalue weighted by Gasteiger charge is -2.18. The molecule has 0 spiro atoms. The third-order valence-electron chi connectivity index (χ3n) is 7.99. The van der Waals surface area contributed by atoms with Gasteiger partial charge in [0, 0.05) is 70.0 Å². The molecular formula is C31H29N7O2S. The Labute approximate surface area is 239 Å². The number of fused-ring (bicyclic) bond motifs is 2. The van der Waals surface area contributed by atoms with Crippen molar-refractivity contribution in [3.8, 4) is 11.3 Å². The largest absolute Gasteiger partial charge is 0.359 e. The van der Waals surface area contributed by atoms with Crippen molar-refractivity contribution in [2.24, 2.45) is 7.05 Å². The minimum Gasteiger partial charge on any atom is -0.359 e. The average Bonchev–Trinajstić information content (AvgIpc) is 3.65. The van der Waals surface area contributed by atoms with Crippen LogP contribution in [0.1, 0.15) is 39.2 Å². The highest BCUT2D eigenvalue weighted by Gasteiger charge is 2.32. The summed E-state index contributed by atoms with van der Waals surface area (Å²) in [5.41, 5.74) is 9.45. The number of carbonyl (C=O) groups is 1. The normalized spacial score (nSPS) is 16.8. The van der Waals surface area contributed by atoms with Crippen LogP contribution < -0.4 is 10.2 Å². The van der Waals surface area contributed by atoms with Crippen LogP contribution in [-0.2, 0) is 24.4 Å². The average molecular weight is 564 g/mol. The van der Waals surface area contributed by atoms with E-state index in [0.717, 1.165) is 62.2 Å². The van der Waals surface area contributed by atoms with E-state index in [9.17, 15) is 9.00 Å². The summed E-state index contributed by atoms with van der Waals surface area (Å²) < 4.78 is 13.7. The predicted molar refractivity (Wildman–Crippen MR) is 163 cm³/mol. The lowest BCUT2D eigenvalue weighted by Crippen LogP contribution is -2.23. The molecule has 0 fully saturated rings. The van der Waals surface area contributed by atoms with Gasteiger partial charge in [-0.3, -0.25) is 13.7 Å². The van der Waals surface area contributed by atoms with E-state index in [1.54, 1.807) is 10.9 Å². The Morgan fingerprint density at radius 1 is 1.07 bits per heavy atom. The van der Waals surface area contributed by atoms with Crippen LogP contribution in [0.3, 0.4) is 0 Å². The Kier molecular flexibility index (Phi) is 6.08. The molecule has 2 N–H and O–H groups in total. The second-order valence-electron chi connectivity index (χ2n) is 10.6. The van der Waals surface area contributed by atoms with Crippen molar-refractivity contribution < 1.29 is 9.00 Å². The van der Waals surface area contributed by atoms with Crippen LogP contribution in [0.25, 0.3) is 27.7 Å². The number of anilines is 3. The van der Waals surface area contributed by atoms with E-state index in [4.69, 9.17) is 4.98 Å². The highest BCUT2D eigenvalue weighted by atomic mass is 32.2. The van der Waals surface area contributed by atoms with Crippen molar-refractivity contribution in [3.05, 3.63) is 88.9 Å². The highest BCUT2D eigenvalue weighted by Crippen LogP contribution is 2.39. The molecule has 5 heterocycles. The Bertz CT molecular complexity index is 1900. The Balaban J connectivity index is 1.24. The number of nitrogens with one attached hydrogen (secondary N) is 2. The molecule has 0 saturated carbocycles. The summed E-state index contributed by atoms with van der Waals surface area (Å²) >= 11 is 0. The Morgan fingerprint density at radius 2 is 1.90 bits per heavy atom. The quantitative estimate of drug-likeness (QED) is 0.296. The van der Waals surface area contributed by atoms with Gasteiger partial charge in [-0.25, -0.2) is 9.97 Å². The van der Waals surface area contributed by atoms with Crippen LogP contribution in [0, 0.1) is 13.8 Å². The molecule has 206 valence electrons. The molecule has 1 atom stereocenters. The van der Waals surface area contributed by atoms with E-state index in [-0.39, 0.29) is 5.91 Å². The van der Waals surface area contributed by atoms with Gasteiger partial charge >= 0.3 is 0 Å². The number of aromatic nitrogens is 5. The third kappa shape index (κ3) is 4.35. The molecule has 1 unspecified atom stereocenters. The summed E-state index contributed by atoms with van der Waals surface area (Å²) in [5.74, 6) is 2.37. The van der Waals surface area contributed by atoms with Gasteiger partial charge in [0.15, 0.2) is 5.82 Å². The first kappa shape index (κ1) is 25.4. The zero-order valence-electron chi connectivity index (χ0n) is 23.1. The first-order valence-corrected chi connectivity index (χ1v) is 15.1. The number of carbonyl (C=O) groups excluding carboxylic acids is 1. The van der Waals surface area contributed by atoms with Crippen LogP contribution in [0.5, 0.6) is 0 Å². The van der Waals surface area contributed by atoms with Gasteiger partial charge in [0.1, 0.15) is 0 Å². The number of amides is 1. The minimum absolute atomic E-state index is 0.0131. The first-order chi connectivity index (χ1) is 19.9. The fourth-order valence-corrected chi connectivity index (χ4v) is 6.75. The standard InChI is InChI=1S/C31H29N7O2S/c1-18-15-33-31(34-27-14-19(2)37(3)36-27)35-28(18)24-16-32-29-22(24)7-5-9-26(29)38-17-25-21(6-4-8-23(25)30(38)39)20-10-12-41(40)13-11-20/h4-10,14-16,32H,11-13,17H2,1-3H3,(H,33,34,35,36). The van der Waals surface area contributed by atoms with Crippen LogP contribution >= 0.6 is 0 Å². The molecule has 7 rings (SSSR count). The summed E-state index contributed by atoms with van der Waals surface area (Å²) in [7, 11) is 1.10. The summed E-state index contributed by atoms with van der Waals surface area (Å²) in [4.78, 5) is 28.3. The molecule has 0 radical (unpaired) electrons. The van der Waals surface area contributed by atoms with Crippen LogP contribution in [-0.4, -0.2) is 46.4 Å². The maximum Gasteiger partial charge on any atom is 0.259 e. The number of para-hydroxylation sites is 1. The number of rotatable bonds is 5. The van der Waals surface area contributed by atoms with Crippen LogP contribution in [0.4, 0.5) is 17.5 Å². The van der Waals surface area contributed by atoms with E-state index in [0.29, 0.717) is 29.8 Å². The molecule has 0 bridgehead atoms. The summed E-state index contributed by atoms with van der Waals surface area (Å²) in [6.07, 6.45) is 6.59. The summed E-state index contributed by atoms with van der Waals surface area (Å²) in [6, 6.07) is 13.9. The number of H-pyrrole nitrogens is 1. The third-order valence-corrected chi connectivity index (χ3v) is 9.19. The van der Waals surface area contributed by atoms with E-state index in [1.165, 1.54) is 5.57 Å². The van der Waals surface area contributed by atoms with Gasteiger partial charge in [0.25, 0.3) is 5.91 Å². The Morgan fingerprint density at radius 3 is 2.68 bits per heavy atom. The molecule has 0 saturated heterocycles. The number of hydrogen-bond acceptors (Lipinski definition) is 6. The number of aryl methyl sites for hydroxylation is 3. The van der Waals surface area contributed by atoms with Crippen molar-refractivity contribution in [3.63, 3.8) is 0 Å². The first-order valence-electron chi connectivity index (χ1n) is 13.6. The maximum absolute atomic E-state index is 13.7. The molecule has 10 heteroatoms. The van der Waals surface area contributed by atoms with Crippen LogP contribution in [0.2, 0.25) is 0 Å². The molecule has 5 aromatic rings. The molecule has 3 aromatic heterocycles. The fraction of sp³-hybridized carbons (Fsp3) is 0.226. The number of allylic oxidation sites excluding steroid dienone is 1. The van der Waals surface area contributed by atoms with Crippen molar-refractivity contribution in [1.29, 1.82) is 0 Å². The van der Waals surface area contributed by atoms with Gasteiger partial charge in [-0.2, -0.15) is 5.10 Å². The smallest absolute Gasteiger partial charge is 0.259 e. The van der Waals surface area contributed by atoms with E-state index in [2.05, 4.69) is 32.5 Å². The molecule has 2 aromatic carbocycles. The molecular weight excluding hydrogens is 534 g/mol. The van der Waals surface area contributed by atoms with E-state index >= 15 is 0 Å². The highest BCUT2D eigenvalue weighted by molar-refractivity contribution is 7.85. The Hall–Kier alpha value is -4.57. The van der Waals surface area contributed by atoms with Gasteiger partial charge in [-0.1, -0.05) is 30.3 Å². The lowest BCUT2D eigenvalue weighted by molar-refractivity contribution is 0.0997. The van der Waals surface area contributed by atoms with Crippen molar-refractivity contribution in [1.82, 2.24) is 24.7 Å². The minimum atomic E-state index is -0.795. The number of hydrogen-bond donors (Lipinski definition) is 2. The lowest BCUT2D eigenvalue weighted by atomic mass is 9.95. The van der Waals surface area contributed by atoms with Gasteiger partial charge in [-0.15, -0.1) is 0 Å². The van der Waals surface area contributed by atoms with Gasteiger partial charge < -0.3 is 15.2 Å². The zero-order valence-corrected chi connectivity index (χ0v) is 23.9. The van der Waals surface area contributed by atoms with Crippen molar-refractivity contribution in [2.45, 2.75) is 26.8 Å². The van der Waals surface area contributed by atoms with Crippen LogP contribution in [0.15, 0.2) is 60.9 Å². The maximum atomic E-state index is 13.7. The fourth-order valence-electron chi connectivity index (χ4n) is 5.75. The van der Waals surface area contributed by atoms with E-state index < -0.39 is 10.8 Å². The summed E-state index contributed by atoms with van der Waals surface area (Å²) in [6.45, 7) is 4.47. The molecule has 0 aliphatic carbocycles. The predicted octanol–water partition coefficient (Wildman–Crippen LogP) is 5.42. The monoisotopic (exact) mass is 563 g/mol. The van der Waals surface area contributed by atoms with Gasteiger partial charge in [-0.05, 0) is 54.7 Å². The molecule has 9 nitrogen and oxygen atoms in total. The van der Waals surface area contributed by atoms with Crippen molar-refractivity contribution in [2.75, 3.05) is 21.7 Å². The van der Waals surface area contributed by atoms with Crippen molar-refractivity contribution >= 4 is 50.6 Å². The number of nitrogens with zero attached hydrogens (tertiary/aromatic N) is 5. The van der Waals surface area contributed by atoms with Gasteiger partial charge in [0.2, 0.25) is 5.95 Å². The second-order valence-corrected chi connectivity index (χ2v) is 12.2. The summed E-state index contributed by atoms with van der Waals surface area (Å²) in [5, 5.41) is 8.64.